The molecular weight excluding hydrogens is 338 g/mol. The van der Waals surface area contributed by atoms with Crippen LogP contribution in [-0.2, 0) is 0 Å². The van der Waals surface area contributed by atoms with Crippen LogP contribution in [0.3, 0.4) is 0 Å². The van der Waals surface area contributed by atoms with Crippen LogP contribution in [0, 0.1) is 18.6 Å². The highest BCUT2D eigenvalue weighted by Gasteiger charge is 2.12. The van der Waals surface area contributed by atoms with Crippen molar-refractivity contribution in [3.05, 3.63) is 65.9 Å². The SMILES string of the molecule is CCOc1ccccc1Nc1cc(C)nc(Nc2c(F)cccc2F)n1. The highest BCUT2D eigenvalue weighted by molar-refractivity contribution is 5.65. The number of halogens is 2. The van der Waals surface area contributed by atoms with Crippen LogP contribution >= 0.6 is 0 Å². The van der Waals surface area contributed by atoms with Gasteiger partial charge in [-0.15, -0.1) is 0 Å². The van der Waals surface area contributed by atoms with Gasteiger partial charge in [0, 0.05) is 11.8 Å². The minimum Gasteiger partial charge on any atom is -0.492 e. The van der Waals surface area contributed by atoms with E-state index < -0.39 is 11.6 Å². The molecule has 0 bridgehead atoms. The zero-order valence-electron chi connectivity index (χ0n) is 14.4. The molecule has 5 nitrogen and oxygen atoms in total. The van der Waals surface area contributed by atoms with Gasteiger partial charge in [-0.3, -0.25) is 0 Å². The highest BCUT2D eigenvalue weighted by atomic mass is 19.1. The molecule has 1 aromatic heterocycles. The summed E-state index contributed by atoms with van der Waals surface area (Å²) in [6.45, 7) is 4.20. The molecule has 134 valence electrons. The average Bonchev–Trinajstić information content (AvgIpc) is 2.60. The minimum absolute atomic E-state index is 0.0883. The summed E-state index contributed by atoms with van der Waals surface area (Å²) in [6, 6.07) is 12.8. The van der Waals surface area contributed by atoms with Gasteiger partial charge in [0.15, 0.2) is 0 Å². The summed E-state index contributed by atoms with van der Waals surface area (Å²) >= 11 is 0. The van der Waals surface area contributed by atoms with Crippen molar-refractivity contribution in [1.29, 1.82) is 0 Å². The second kappa shape index (κ2) is 7.77. The van der Waals surface area contributed by atoms with E-state index in [0.29, 0.717) is 23.9 Å². The van der Waals surface area contributed by atoms with Crippen LogP contribution in [0.15, 0.2) is 48.5 Å². The highest BCUT2D eigenvalue weighted by Crippen LogP contribution is 2.28. The molecule has 0 aliphatic carbocycles. The largest absolute Gasteiger partial charge is 0.492 e. The second-order valence-electron chi connectivity index (χ2n) is 5.49. The summed E-state index contributed by atoms with van der Waals surface area (Å²) in [5.41, 5.74) is 1.07. The van der Waals surface area contributed by atoms with E-state index in [1.807, 2.05) is 31.2 Å². The fourth-order valence-electron chi connectivity index (χ4n) is 2.41. The normalized spacial score (nSPS) is 10.5. The molecule has 0 atom stereocenters. The lowest BCUT2D eigenvalue weighted by Gasteiger charge is -2.13. The molecule has 2 aromatic carbocycles. The first-order valence-corrected chi connectivity index (χ1v) is 8.12. The van der Waals surface area contributed by atoms with E-state index in [0.717, 1.165) is 5.69 Å². The van der Waals surface area contributed by atoms with Crippen LogP contribution in [0.25, 0.3) is 0 Å². The van der Waals surface area contributed by atoms with E-state index in [4.69, 9.17) is 4.74 Å². The third-order valence-electron chi connectivity index (χ3n) is 3.50. The zero-order chi connectivity index (χ0) is 18.5. The van der Waals surface area contributed by atoms with Crippen molar-refractivity contribution in [1.82, 2.24) is 9.97 Å². The molecule has 1 heterocycles. The second-order valence-corrected chi connectivity index (χ2v) is 5.49. The predicted molar refractivity (Wildman–Crippen MR) is 97.3 cm³/mol. The lowest BCUT2D eigenvalue weighted by Crippen LogP contribution is -2.05. The first-order chi connectivity index (χ1) is 12.6. The number of nitrogens with zero attached hydrogens (tertiary/aromatic N) is 2. The first kappa shape index (κ1) is 17.6. The number of rotatable bonds is 6. The molecule has 0 aliphatic rings. The number of benzene rings is 2. The van der Waals surface area contributed by atoms with Crippen molar-refractivity contribution in [3.63, 3.8) is 0 Å². The molecule has 3 aromatic rings. The molecule has 0 fully saturated rings. The summed E-state index contributed by atoms with van der Waals surface area (Å²) in [5.74, 6) is -0.187. The van der Waals surface area contributed by atoms with Gasteiger partial charge in [0.05, 0.1) is 12.3 Å². The van der Waals surface area contributed by atoms with E-state index in [1.54, 1.807) is 13.0 Å². The molecule has 0 unspecified atom stereocenters. The van der Waals surface area contributed by atoms with Crippen molar-refractivity contribution in [2.45, 2.75) is 13.8 Å². The topological polar surface area (TPSA) is 59.1 Å². The Balaban J connectivity index is 1.89. The Labute approximate surface area is 150 Å². The van der Waals surface area contributed by atoms with E-state index >= 15 is 0 Å². The average molecular weight is 356 g/mol. The van der Waals surface area contributed by atoms with Crippen LogP contribution < -0.4 is 15.4 Å². The standard InChI is InChI=1S/C19H18F2N4O/c1-3-26-16-10-5-4-9-15(16)23-17-11-12(2)22-19(24-17)25-18-13(20)7-6-8-14(18)21/h4-11H,3H2,1-2H3,(H2,22,23,24,25). The Kier molecular flexibility index (Phi) is 5.26. The molecule has 2 N–H and O–H groups in total. The lowest BCUT2D eigenvalue weighted by molar-refractivity contribution is 0.342. The number of hydrogen-bond donors (Lipinski definition) is 2. The van der Waals surface area contributed by atoms with E-state index in [2.05, 4.69) is 20.6 Å². The molecule has 0 amide bonds. The lowest BCUT2D eigenvalue weighted by atomic mass is 10.3. The molecule has 0 saturated carbocycles. The number of para-hydroxylation sites is 3. The number of nitrogens with one attached hydrogen (secondary N) is 2. The Morgan fingerprint density at radius 2 is 1.69 bits per heavy atom. The minimum atomic E-state index is -0.716. The maximum Gasteiger partial charge on any atom is 0.229 e. The quantitative estimate of drug-likeness (QED) is 0.654. The molecule has 0 aliphatic heterocycles. The van der Waals surface area contributed by atoms with Crippen molar-refractivity contribution < 1.29 is 13.5 Å². The maximum atomic E-state index is 13.8. The number of aromatic nitrogens is 2. The Bertz CT molecular complexity index is 898. The van der Waals surface area contributed by atoms with Gasteiger partial charge < -0.3 is 15.4 Å². The summed E-state index contributed by atoms with van der Waals surface area (Å²) in [6.07, 6.45) is 0. The summed E-state index contributed by atoms with van der Waals surface area (Å²) < 4.78 is 33.2. The molecule has 7 heteroatoms. The number of hydrogen-bond acceptors (Lipinski definition) is 5. The van der Waals surface area contributed by atoms with Crippen LogP contribution in [0.1, 0.15) is 12.6 Å². The van der Waals surface area contributed by atoms with Gasteiger partial charge in [-0.25, -0.2) is 13.8 Å². The third kappa shape index (κ3) is 4.05. The third-order valence-corrected chi connectivity index (χ3v) is 3.50. The summed E-state index contributed by atoms with van der Waals surface area (Å²) in [5, 5.41) is 5.75. The molecular formula is C19H18F2N4O. The van der Waals surface area contributed by atoms with Crippen LogP contribution in [0.4, 0.5) is 31.9 Å². The van der Waals surface area contributed by atoms with E-state index in [1.165, 1.54) is 18.2 Å². The van der Waals surface area contributed by atoms with Crippen LogP contribution in [0.2, 0.25) is 0 Å². The Hall–Kier alpha value is -3.22. The van der Waals surface area contributed by atoms with Crippen molar-refractivity contribution in [3.8, 4) is 5.75 Å². The summed E-state index contributed by atoms with van der Waals surface area (Å²) in [4.78, 5) is 8.47. The van der Waals surface area contributed by atoms with Gasteiger partial charge in [0.1, 0.15) is 28.9 Å². The van der Waals surface area contributed by atoms with E-state index in [-0.39, 0.29) is 11.6 Å². The van der Waals surface area contributed by atoms with Gasteiger partial charge in [-0.05, 0) is 38.1 Å². The number of anilines is 4. The molecule has 0 radical (unpaired) electrons. The van der Waals surface area contributed by atoms with Crippen LogP contribution in [-0.4, -0.2) is 16.6 Å². The van der Waals surface area contributed by atoms with Gasteiger partial charge in [0.25, 0.3) is 0 Å². The summed E-state index contributed by atoms with van der Waals surface area (Å²) in [7, 11) is 0. The fraction of sp³-hybridized carbons (Fsp3) is 0.158. The number of ether oxygens (including phenoxy) is 1. The number of aryl methyl sites for hydroxylation is 1. The Morgan fingerprint density at radius 1 is 0.962 bits per heavy atom. The van der Waals surface area contributed by atoms with Gasteiger partial charge >= 0.3 is 0 Å². The Morgan fingerprint density at radius 3 is 2.42 bits per heavy atom. The molecule has 0 spiro atoms. The van der Waals surface area contributed by atoms with Gasteiger partial charge in [0.2, 0.25) is 5.95 Å². The molecule has 26 heavy (non-hydrogen) atoms. The van der Waals surface area contributed by atoms with Crippen molar-refractivity contribution in [2.24, 2.45) is 0 Å². The van der Waals surface area contributed by atoms with E-state index in [9.17, 15) is 8.78 Å². The monoisotopic (exact) mass is 356 g/mol. The maximum absolute atomic E-state index is 13.8. The van der Waals surface area contributed by atoms with Crippen LogP contribution in [0.5, 0.6) is 5.75 Å². The van der Waals surface area contributed by atoms with Crippen molar-refractivity contribution in [2.75, 3.05) is 17.2 Å². The van der Waals surface area contributed by atoms with Gasteiger partial charge in [-0.2, -0.15) is 4.98 Å². The zero-order valence-corrected chi connectivity index (χ0v) is 14.4. The first-order valence-electron chi connectivity index (χ1n) is 8.12. The van der Waals surface area contributed by atoms with Crippen molar-refractivity contribution >= 4 is 23.1 Å². The molecule has 0 saturated heterocycles. The fourth-order valence-corrected chi connectivity index (χ4v) is 2.41. The predicted octanol–water partition coefficient (Wildman–Crippen LogP) is 4.95. The smallest absolute Gasteiger partial charge is 0.229 e. The molecule has 3 rings (SSSR count). The van der Waals surface area contributed by atoms with Gasteiger partial charge in [-0.1, -0.05) is 18.2 Å².